The molecule has 3 rings (SSSR count). The fourth-order valence-corrected chi connectivity index (χ4v) is 2.27. The molecule has 0 saturated carbocycles. The van der Waals surface area contributed by atoms with Crippen molar-refractivity contribution in [3.63, 3.8) is 0 Å². The third kappa shape index (κ3) is 1.87. The SMILES string of the molecule is Cn1nc(Br)cc1-c1nc(-c2cnsn2)n[nH]1. The van der Waals surface area contributed by atoms with Crippen LogP contribution in [-0.2, 0) is 7.05 Å². The molecular weight excluding hydrogens is 306 g/mol. The largest absolute Gasteiger partial charge is 0.264 e. The van der Waals surface area contributed by atoms with Crippen LogP contribution in [0.3, 0.4) is 0 Å². The van der Waals surface area contributed by atoms with E-state index in [1.807, 2.05) is 13.1 Å². The van der Waals surface area contributed by atoms with E-state index < -0.39 is 0 Å². The molecule has 0 amide bonds. The first-order valence-corrected chi connectivity index (χ1v) is 6.16. The molecule has 0 aliphatic carbocycles. The molecule has 9 heteroatoms. The number of hydrogen-bond donors (Lipinski definition) is 1. The number of nitrogens with one attached hydrogen (secondary N) is 1. The number of hydrogen-bond acceptors (Lipinski definition) is 6. The number of H-pyrrole nitrogens is 1. The van der Waals surface area contributed by atoms with Gasteiger partial charge in [0.1, 0.15) is 16.0 Å². The van der Waals surface area contributed by atoms with Gasteiger partial charge in [0.05, 0.1) is 17.9 Å². The molecule has 0 saturated heterocycles. The Morgan fingerprint density at radius 1 is 1.47 bits per heavy atom. The zero-order chi connectivity index (χ0) is 11.8. The van der Waals surface area contributed by atoms with Gasteiger partial charge in [-0.25, -0.2) is 4.98 Å². The summed E-state index contributed by atoms with van der Waals surface area (Å²) in [5, 5.41) is 11.1. The predicted molar refractivity (Wildman–Crippen MR) is 65.2 cm³/mol. The van der Waals surface area contributed by atoms with Crippen molar-refractivity contribution in [2.45, 2.75) is 0 Å². The maximum Gasteiger partial charge on any atom is 0.202 e. The van der Waals surface area contributed by atoms with Gasteiger partial charge < -0.3 is 0 Å². The van der Waals surface area contributed by atoms with Gasteiger partial charge in [0, 0.05) is 13.1 Å². The van der Waals surface area contributed by atoms with Gasteiger partial charge in [-0.05, 0) is 15.9 Å². The molecule has 7 nitrogen and oxygen atoms in total. The van der Waals surface area contributed by atoms with Crippen LogP contribution in [0.2, 0.25) is 0 Å². The van der Waals surface area contributed by atoms with Gasteiger partial charge in [0.25, 0.3) is 0 Å². The van der Waals surface area contributed by atoms with Gasteiger partial charge in [0.2, 0.25) is 5.82 Å². The van der Waals surface area contributed by atoms with E-state index in [2.05, 4.69) is 45.0 Å². The molecule has 0 aliphatic rings. The highest BCUT2D eigenvalue weighted by Crippen LogP contribution is 2.21. The number of rotatable bonds is 2. The quantitative estimate of drug-likeness (QED) is 0.775. The summed E-state index contributed by atoms with van der Waals surface area (Å²) >= 11 is 4.44. The van der Waals surface area contributed by atoms with Crippen LogP contribution in [0.1, 0.15) is 0 Å². The van der Waals surface area contributed by atoms with Crippen molar-refractivity contribution < 1.29 is 0 Å². The van der Waals surface area contributed by atoms with Gasteiger partial charge in [-0.1, -0.05) is 0 Å². The minimum absolute atomic E-state index is 0.533. The summed E-state index contributed by atoms with van der Waals surface area (Å²) < 4.78 is 10.5. The Bertz CT molecular complexity index is 641. The lowest BCUT2D eigenvalue weighted by Crippen LogP contribution is -1.94. The summed E-state index contributed by atoms with van der Waals surface area (Å²) in [5.41, 5.74) is 1.51. The summed E-state index contributed by atoms with van der Waals surface area (Å²) in [5.74, 6) is 1.18. The van der Waals surface area contributed by atoms with Gasteiger partial charge in [-0.15, -0.1) is 0 Å². The molecule has 0 fully saturated rings. The highest BCUT2D eigenvalue weighted by Gasteiger charge is 2.13. The summed E-state index contributed by atoms with van der Waals surface area (Å²) in [6, 6.07) is 1.86. The molecule has 0 spiro atoms. The van der Waals surface area contributed by atoms with Crippen LogP contribution in [0.5, 0.6) is 0 Å². The molecule has 0 bridgehead atoms. The van der Waals surface area contributed by atoms with E-state index >= 15 is 0 Å². The second kappa shape index (κ2) is 4.00. The zero-order valence-corrected chi connectivity index (χ0v) is 11.0. The second-order valence-corrected chi connectivity index (χ2v) is 4.65. The van der Waals surface area contributed by atoms with E-state index in [-0.39, 0.29) is 0 Å². The Kier molecular flexibility index (Phi) is 2.48. The van der Waals surface area contributed by atoms with Crippen LogP contribution in [0.25, 0.3) is 23.0 Å². The lowest BCUT2D eigenvalue weighted by atomic mass is 10.4. The first-order valence-electron chi connectivity index (χ1n) is 4.64. The van der Waals surface area contributed by atoms with Crippen molar-refractivity contribution in [3.8, 4) is 23.0 Å². The van der Waals surface area contributed by atoms with Crippen LogP contribution < -0.4 is 0 Å². The van der Waals surface area contributed by atoms with E-state index in [1.54, 1.807) is 10.9 Å². The van der Waals surface area contributed by atoms with Crippen molar-refractivity contribution in [1.82, 2.24) is 33.7 Å². The van der Waals surface area contributed by atoms with Crippen LogP contribution >= 0.6 is 27.7 Å². The van der Waals surface area contributed by atoms with Gasteiger partial charge in [0.15, 0.2) is 5.82 Å². The van der Waals surface area contributed by atoms with Crippen LogP contribution in [-0.4, -0.2) is 33.7 Å². The van der Waals surface area contributed by atoms with Crippen molar-refractivity contribution in [3.05, 3.63) is 16.9 Å². The highest BCUT2D eigenvalue weighted by atomic mass is 79.9. The summed E-state index contributed by atoms with van der Waals surface area (Å²) in [7, 11) is 1.84. The second-order valence-electron chi connectivity index (χ2n) is 3.28. The van der Waals surface area contributed by atoms with E-state index in [0.717, 1.165) is 22.0 Å². The van der Waals surface area contributed by atoms with Gasteiger partial charge in [-0.2, -0.15) is 18.9 Å². The number of halogens is 1. The maximum absolute atomic E-state index is 4.35. The van der Waals surface area contributed by atoms with Gasteiger partial charge >= 0.3 is 0 Å². The lowest BCUT2D eigenvalue weighted by Gasteiger charge is -1.94. The smallest absolute Gasteiger partial charge is 0.202 e. The number of aryl methyl sites for hydroxylation is 1. The number of nitrogens with zero attached hydrogens (tertiary/aromatic N) is 6. The summed E-state index contributed by atoms with van der Waals surface area (Å²) in [6.07, 6.45) is 1.64. The van der Waals surface area contributed by atoms with E-state index in [9.17, 15) is 0 Å². The third-order valence-electron chi connectivity index (χ3n) is 2.17. The fourth-order valence-electron chi connectivity index (χ4n) is 1.41. The van der Waals surface area contributed by atoms with Crippen molar-refractivity contribution >= 4 is 27.7 Å². The Balaban J connectivity index is 2.03. The molecule has 0 atom stereocenters. The van der Waals surface area contributed by atoms with Crippen LogP contribution in [0.4, 0.5) is 0 Å². The molecule has 86 valence electrons. The molecule has 0 radical (unpaired) electrons. The fraction of sp³-hybridized carbons (Fsp3) is 0.125. The van der Waals surface area contributed by atoms with E-state index in [0.29, 0.717) is 17.3 Å². The number of aromatic amines is 1. The lowest BCUT2D eigenvalue weighted by molar-refractivity contribution is 0.763. The Labute approximate surface area is 108 Å². The first kappa shape index (κ1) is 10.5. The Morgan fingerprint density at radius 3 is 3.00 bits per heavy atom. The molecule has 0 aliphatic heterocycles. The first-order chi connectivity index (χ1) is 8.24. The third-order valence-corrected chi connectivity index (χ3v) is 3.03. The summed E-state index contributed by atoms with van der Waals surface area (Å²) in [6.45, 7) is 0. The average molecular weight is 312 g/mol. The predicted octanol–water partition coefficient (Wildman–Crippen LogP) is 1.49. The van der Waals surface area contributed by atoms with Crippen molar-refractivity contribution in [2.24, 2.45) is 7.05 Å². The Hall–Kier alpha value is -1.61. The molecule has 0 aromatic carbocycles. The summed E-state index contributed by atoms with van der Waals surface area (Å²) in [4.78, 5) is 4.35. The Morgan fingerprint density at radius 2 is 2.35 bits per heavy atom. The van der Waals surface area contributed by atoms with Crippen LogP contribution in [0, 0.1) is 0 Å². The molecule has 0 unspecified atom stereocenters. The minimum Gasteiger partial charge on any atom is -0.264 e. The number of aromatic nitrogens is 7. The molecule has 3 aromatic rings. The van der Waals surface area contributed by atoms with Crippen molar-refractivity contribution in [1.29, 1.82) is 0 Å². The normalized spacial score (nSPS) is 10.9. The molecule has 17 heavy (non-hydrogen) atoms. The topological polar surface area (TPSA) is 85.2 Å². The van der Waals surface area contributed by atoms with Crippen LogP contribution in [0.15, 0.2) is 16.9 Å². The monoisotopic (exact) mass is 311 g/mol. The standard InChI is InChI=1S/C8H6BrN7S/c1-16-5(2-6(9)14-16)8-11-7(12-13-8)4-3-10-17-15-4/h2-3H,1H3,(H,11,12,13). The average Bonchev–Trinajstić information content (AvgIpc) is 2.97. The molecule has 3 heterocycles. The zero-order valence-electron chi connectivity index (χ0n) is 8.62. The maximum atomic E-state index is 4.35. The van der Waals surface area contributed by atoms with Gasteiger partial charge in [-0.3, -0.25) is 9.78 Å². The molecular formula is C8H6BrN7S. The minimum atomic E-state index is 0.533. The van der Waals surface area contributed by atoms with Crippen molar-refractivity contribution in [2.75, 3.05) is 0 Å². The molecule has 3 aromatic heterocycles. The van der Waals surface area contributed by atoms with E-state index in [4.69, 9.17) is 0 Å². The molecule has 1 N–H and O–H groups in total. The van der Waals surface area contributed by atoms with E-state index in [1.165, 1.54) is 0 Å². The highest BCUT2D eigenvalue weighted by molar-refractivity contribution is 9.10.